The Labute approximate surface area is 97.0 Å². The second kappa shape index (κ2) is 5.23. The highest BCUT2D eigenvalue weighted by Crippen LogP contribution is 2.11. The average Bonchev–Trinajstić information content (AvgIpc) is 2.43. The van der Waals surface area contributed by atoms with Gasteiger partial charge in [0.1, 0.15) is 5.69 Å². The molecule has 1 rings (SSSR count). The standard InChI is InChI=1S/C12H23N3O/c1-5-7-14-10(6-2)11(13)12(16)15(14)8-9(3)4/h9H,5-8,13H2,1-4H3. The van der Waals surface area contributed by atoms with Crippen molar-refractivity contribution in [2.75, 3.05) is 5.73 Å². The third-order valence-corrected chi connectivity index (χ3v) is 2.69. The molecule has 0 aromatic carbocycles. The molecule has 0 saturated carbocycles. The van der Waals surface area contributed by atoms with Gasteiger partial charge in [0.25, 0.3) is 5.56 Å². The predicted octanol–water partition coefficient (Wildman–Crippen LogP) is 1.86. The number of nitrogen functional groups attached to an aromatic ring is 1. The smallest absolute Gasteiger partial charge is 0.290 e. The zero-order valence-electron chi connectivity index (χ0n) is 10.8. The quantitative estimate of drug-likeness (QED) is 0.831. The van der Waals surface area contributed by atoms with Gasteiger partial charge in [-0.3, -0.25) is 9.48 Å². The van der Waals surface area contributed by atoms with Gasteiger partial charge in [0.15, 0.2) is 0 Å². The summed E-state index contributed by atoms with van der Waals surface area (Å²) in [7, 11) is 0. The molecular weight excluding hydrogens is 202 g/mol. The minimum atomic E-state index is -0.0287. The maximum atomic E-state index is 12.0. The van der Waals surface area contributed by atoms with E-state index in [-0.39, 0.29) is 5.56 Å². The van der Waals surface area contributed by atoms with Crippen molar-refractivity contribution in [2.45, 2.75) is 53.6 Å². The molecule has 0 unspecified atom stereocenters. The molecule has 0 aliphatic heterocycles. The van der Waals surface area contributed by atoms with Gasteiger partial charge in [-0.05, 0) is 18.8 Å². The highest BCUT2D eigenvalue weighted by molar-refractivity contribution is 5.41. The predicted molar refractivity (Wildman–Crippen MR) is 67.6 cm³/mol. The van der Waals surface area contributed by atoms with Crippen molar-refractivity contribution >= 4 is 5.69 Å². The Hall–Kier alpha value is -1.19. The molecule has 0 spiro atoms. The van der Waals surface area contributed by atoms with E-state index in [1.807, 2.05) is 6.92 Å². The summed E-state index contributed by atoms with van der Waals surface area (Å²) in [4.78, 5) is 12.0. The van der Waals surface area contributed by atoms with Crippen LogP contribution < -0.4 is 11.3 Å². The van der Waals surface area contributed by atoms with E-state index < -0.39 is 0 Å². The van der Waals surface area contributed by atoms with Gasteiger partial charge >= 0.3 is 0 Å². The van der Waals surface area contributed by atoms with Gasteiger partial charge in [0, 0.05) is 13.1 Å². The first-order valence-electron chi connectivity index (χ1n) is 6.10. The maximum absolute atomic E-state index is 12.0. The van der Waals surface area contributed by atoms with E-state index in [4.69, 9.17) is 5.73 Å². The third kappa shape index (κ3) is 2.31. The van der Waals surface area contributed by atoms with Crippen LogP contribution in [0, 0.1) is 5.92 Å². The Morgan fingerprint density at radius 1 is 1.25 bits per heavy atom. The highest BCUT2D eigenvalue weighted by Gasteiger charge is 2.16. The van der Waals surface area contributed by atoms with Crippen molar-refractivity contribution in [3.8, 4) is 0 Å². The average molecular weight is 225 g/mol. The molecule has 92 valence electrons. The lowest BCUT2D eigenvalue weighted by Crippen LogP contribution is -2.26. The summed E-state index contributed by atoms with van der Waals surface area (Å²) in [6.07, 6.45) is 1.82. The summed E-state index contributed by atoms with van der Waals surface area (Å²) in [5.41, 5.74) is 7.24. The van der Waals surface area contributed by atoms with Crippen molar-refractivity contribution in [3.63, 3.8) is 0 Å². The Bertz CT molecular complexity index is 401. The van der Waals surface area contributed by atoms with E-state index in [0.29, 0.717) is 11.6 Å². The van der Waals surface area contributed by atoms with Gasteiger partial charge in [-0.25, -0.2) is 4.68 Å². The summed E-state index contributed by atoms with van der Waals surface area (Å²) in [6, 6.07) is 0. The first-order valence-corrected chi connectivity index (χ1v) is 6.10. The lowest BCUT2D eigenvalue weighted by Gasteiger charge is -2.15. The number of hydrogen-bond acceptors (Lipinski definition) is 2. The molecule has 0 saturated heterocycles. The highest BCUT2D eigenvalue weighted by atomic mass is 16.1. The SMILES string of the molecule is CCCn1c(CC)c(N)c(=O)n1CC(C)C. The Morgan fingerprint density at radius 3 is 2.31 bits per heavy atom. The molecule has 0 bridgehead atoms. The normalized spacial score (nSPS) is 11.3. The topological polar surface area (TPSA) is 52.9 Å². The molecule has 1 heterocycles. The summed E-state index contributed by atoms with van der Waals surface area (Å²) >= 11 is 0. The molecule has 0 aliphatic rings. The van der Waals surface area contributed by atoms with Crippen LogP contribution in [-0.4, -0.2) is 9.36 Å². The van der Waals surface area contributed by atoms with E-state index in [0.717, 1.165) is 31.6 Å². The molecule has 0 aliphatic carbocycles. The van der Waals surface area contributed by atoms with Gasteiger partial charge in [-0.15, -0.1) is 0 Å². The second-order valence-corrected chi connectivity index (χ2v) is 4.62. The number of hydrogen-bond donors (Lipinski definition) is 1. The van der Waals surface area contributed by atoms with Crippen LogP contribution in [-0.2, 0) is 19.5 Å². The molecule has 0 amide bonds. The fourth-order valence-corrected chi connectivity index (χ4v) is 2.02. The van der Waals surface area contributed by atoms with Crippen LogP contribution in [0.5, 0.6) is 0 Å². The van der Waals surface area contributed by atoms with Gasteiger partial charge in [-0.1, -0.05) is 27.7 Å². The Morgan fingerprint density at radius 2 is 1.88 bits per heavy atom. The van der Waals surface area contributed by atoms with Crippen molar-refractivity contribution in [1.82, 2.24) is 9.36 Å². The Kier molecular flexibility index (Phi) is 4.21. The number of nitrogens with zero attached hydrogens (tertiary/aromatic N) is 2. The lowest BCUT2D eigenvalue weighted by molar-refractivity contribution is 0.378. The monoisotopic (exact) mass is 225 g/mol. The zero-order chi connectivity index (χ0) is 12.3. The van der Waals surface area contributed by atoms with Crippen LogP contribution in [0.3, 0.4) is 0 Å². The summed E-state index contributed by atoms with van der Waals surface area (Å²) < 4.78 is 3.85. The summed E-state index contributed by atoms with van der Waals surface area (Å²) in [5.74, 6) is 0.451. The summed E-state index contributed by atoms with van der Waals surface area (Å²) in [5, 5.41) is 0. The molecule has 1 aromatic heterocycles. The molecule has 4 nitrogen and oxygen atoms in total. The van der Waals surface area contributed by atoms with E-state index in [9.17, 15) is 4.79 Å². The third-order valence-electron chi connectivity index (χ3n) is 2.69. The van der Waals surface area contributed by atoms with Crippen LogP contribution in [0.2, 0.25) is 0 Å². The summed E-state index contributed by atoms with van der Waals surface area (Å²) in [6.45, 7) is 9.97. The molecular formula is C12H23N3O. The molecule has 2 N–H and O–H groups in total. The van der Waals surface area contributed by atoms with E-state index in [1.54, 1.807) is 4.68 Å². The molecule has 16 heavy (non-hydrogen) atoms. The molecule has 0 atom stereocenters. The van der Waals surface area contributed by atoms with Crippen LogP contribution in [0.25, 0.3) is 0 Å². The Balaban J connectivity index is 3.27. The number of nitrogens with two attached hydrogens (primary N) is 1. The second-order valence-electron chi connectivity index (χ2n) is 4.62. The first kappa shape index (κ1) is 12.9. The van der Waals surface area contributed by atoms with Crippen LogP contribution in [0.15, 0.2) is 4.79 Å². The molecule has 0 radical (unpaired) electrons. The van der Waals surface area contributed by atoms with Gasteiger partial charge in [0.2, 0.25) is 0 Å². The van der Waals surface area contributed by atoms with Crippen molar-refractivity contribution in [1.29, 1.82) is 0 Å². The minimum absolute atomic E-state index is 0.0287. The van der Waals surface area contributed by atoms with Gasteiger partial charge in [-0.2, -0.15) is 0 Å². The van der Waals surface area contributed by atoms with E-state index >= 15 is 0 Å². The maximum Gasteiger partial charge on any atom is 0.290 e. The molecule has 0 fully saturated rings. The van der Waals surface area contributed by atoms with Crippen molar-refractivity contribution in [2.24, 2.45) is 5.92 Å². The minimum Gasteiger partial charge on any atom is -0.393 e. The van der Waals surface area contributed by atoms with Gasteiger partial charge < -0.3 is 5.73 Å². The van der Waals surface area contributed by atoms with Crippen molar-refractivity contribution in [3.05, 3.63) is 16.0 Å². The van der Waals surface area contributed by atoms with E-state index in [1.165, 1.54) is 0 Å². The first-order chi connectivity index (χ1) is 7.52. The largest absolute Gasteiger partial charge is 0.393 e. The number of aromatic nitrogens is 2. The molecule has 4 heteroatoms. The van der Waals surface area contributed by atoms with Crippen LogP contribution in [0.1, 0.15) is 39.8 Å². The van der Waals surface area contributed by atoms with Gasteiger partial charge in [0.05, 0.1) is 5.69 Å². The zero-order valence-corrected chi connectivity index (χ0v) is 10.8. The number of anilines is 1. The molecule has 1 aromatic rings. The fourth-order valence-electron chi connectivity index (χ4n) is 2.02. The van der Waals surface area contributed by atoms with Crippen LogP contribution >= 0.6 is 0 Å². The number of rotatable bonds is 5. The lowest BCUT2D eigenvalue weighted by atomic mass is 10.2. The fraction of sp³-hybridized carbons (Fsp3) is 0.750. The van der Waals surface area contributed by atoms with Crippen LogP contribution in [0.4, 0.5) is 5.69 Å². The van der Waals surface area contributed by atoms with Crippen molar-refractivity contribution < 1.29 is 0 Å². The van der Waals surface area contributed by atoms with E-state index in [2.05, 4.69) is 25.5 Å².